The average Bonchev–Trinajstić information content (AvgIpc) is 2.44. The van der Waals surface area contributed by atoms with Gasteiger partial charge in [0.25, 0.3) is 0 Å². The van der Waals surface area contributed by atoms with E-state index in [1.165, 1.54) is 24.3 Å². The summed E-state index contributed by atoms with van der Waals surface area (Å²) < 4.78 is 26.4. The quantitative estimate of drug-likeness (QED) is 0.686. The zero-order chi connectivity index (χ0) is 14.5. The molecule has 20 heavy (non-hydrogen) atoms. The molecule has 2 aromatic rings. The Morgan fingerprint density at radius 3 is 1.30 bits per heavy atom. The summed E-state index contributed by atoms with van der Waals surface area (Å²) in [5.41, 5.74) is 0.936. The van der Waals surface area contributed by atoms with Gasteiger partial charge in [-0.05, 0) is 36.4 Å². The molecule has 2 nitrogen and oxygen atoms in total. The van der Waals surface area contributed by atoms with Crippen molar-refractivity contribution in [3.05, 3.63) is 70.3 Å². The van der Waals surface area contributed by atoms with E-state index < -0.39 is 11.6 Å². The normalized spacial score (nSPS) is 9.00. The highest BCUT2D eigenvalue weighted by molar-refractivity contribution is 5.48. The molecule has 0 aromatic heterocycles. The van der Waals surface area contributed by atoms with Crippen LogP contribution in [0, 0.1) is 46.1 Å². The Kier molecular flexibility index (Phi) is 3.75. The molecule has 0 unspecified atom stereocenters. The minimum Gasteiger partial charge on any atom is -0.207 e. The molecule has 0 bridgehead atoms. The van der Waals surface area contributed by atoms with Gasteiger partial charge in [-0.25, -0.2) is 8.78 Å². The first-order chi connectivity index (χ1) is 9.60. The van der Waals surface area contributed by atoms with Gasteiger partial charge >= 0.3 is 0 Å². The smallest absolute Gasteiger partial charge is 0.125 e. The van der Waals surface area contributed by atoms with E-state index in [0.29, 0.717) is 11.1 Å². The van der Waals surface area contributed by atoms with Gasteiger partial charge < -0.3 is 0 Å². The van der Waals surface area contributed by atoms with Gasteiger partial charge in [-0.1, -0.05) is 11.8 Å². The summed E-state index contributed by atoms with van der Waals surface area (Å²) in [6.45, 7) is 0. The highest BCUT2D eigenvalue weighted by atomic mass is 19.1. The van der Waals surface area contributed by atoms with Crippen LogP contribution in [0.4, 0.5) is 8.78 Å². The molecule has 2 aromatic carbocycles. The Bertz CT molecular complexity index is 748. The molecule has 0 amide bonds. The monoisotopic (exact) mass is 264 g/mol. The number of nitriles is 2. The van der Waals surface area contributed by atoms with E-state index in [-0.39, 0.29) is 11.1 Å². The first kappa shape index (κ1) is 13.3. The summed E-state index contributed by atoms with van der Waals surface area (Å²) in [5.74, 6) is 4.15. The Balaban J connectivity index is 2.41. The summed E-state index contributed by atoms with van der Waals surface area (Å²) in [4.78, 5) is 0. The van der Waals surface area contributed by atoms with Crippen LogP contribution in [0.25, 0.3) is 0 Å². The molecule has 0 atom stereocenters. The highest BCUT2D eigenvalue weighted by Gasteiger charge is 2.00. The van der Waals surface area contributed by atoms with Gasteiger partial charge in [0.2, 0.25) is 0 Å². The van der Waals surface area contributed by atoms with Crippen molar-refractivity contribution in [2.75, 3.05) is 0 Å². The van der Waals surface area contributed by atoms with Crippen molar-refractivity contribution in [2.45, 2.75) is 0 Å². The molecule has 0 saturated heterocycles. The van der Waals surface area contributed by atoms with Crippen molar-refractivity contribution in [1.29, 1.82) is 10.5 Å². The summed E-state index contributed by atoms with van der Waals surface area (Å²) in [7, 11) is 0. The van der Waals surface area contributed by atoms with Crippen molar-refractivity contribution < 1.29 is 8.78 Å². The fourth-order valence-electron chi connectivity index (χ4n) is 1.60. The number of hydrogen-bond donors (Lipinski definition) is 0. The maximum Gasteiger partial charge on any atom is 0.125 e. The van der Waals surface area contributed by atoms with E-state index >= 15 is 0 Å². The molecule has 0 aliphatic heterocycles. The van der Waals surface area contributed by atoms with Crippen LogP contribution < -0.4 is 0 Å². The fourth-order valence-corrected chi connectivity index (χ4v) is 1.60. The number of rotatable bonds is 0. The molecule has 2 rings (SSSR count). The largest absolute Gasteiger partial charge is 0.207 e. The zero-order valence-corrected chi connectivity index (χ0v) is 10.1. The van der Waals surface area contributed by atoms with Gasteiger partial charge in [-0.3, -0.25) is 0 Å². The first-order valence-electron chi connectivity index (χ1n) is 5.54. The van der Waals surface area contributed by atoms with Crippen LogP contribution in [-0.4, -0.2) is 0 Å². The molecule has 0 radical (unpaired) electrons. The zero-order valence-electron chi connectivity index (χ0n) is 10.1. The molecule has 0 N–H and O–H groups in total. The van der Waals surface area contributed by atoms with Crippen LogP contribution in [0.3, 0.4) is 0 Å². The van der Waals surface area contributed by atoms with Crippen molar-refractivity contribution >= 4 is 0 Å². The lowest BCUT2D eigenvalue weighted by molar-refractivity contribution is 0.626. The molecule has 0 aliphatic carbocycles. The number of nitrogens with zero attached hydrogens (tertiary/aromatic N) is 2. The third-order valence-corrected chi connectivity index (χ3v) is 2.40. The maximum atomic E-state index is 13.2. The standard InChI is InChI=1S/C16H6F2N2/c17-15-5-11(3-13(7-15)9-19)1-2-12-4-14(10-20)8-16(18)6-12/h3-8H. The van der Waals surface area contributed by atoms with E-state index in [1.54, 1.807) is 0 Å². The van der Waals surface area contributed by atoms with Crippen molar-refractivity contribution in [2.24, 2.45) is 0 Å². The van der Waals surface area contributed by atoms with Crippen molar-refractivity contribution in [3.8, 4) is 24.0 Å². The van der Waals surface area contributed by atoms with Gasteiger partial charge in [-0.2, -0.15) is 10.5 Å². The van der Waals surface area contributed by atoms with E-state index in [4.69, 9.17) is 10.5 Å². The maximum absolute atomic E-state index is 13.2. The molecule has 4 heteroatoms. The van der Waals surface area contributed by atoms with Crippen LogP contribution in [-0.2, 0) is 0 Å². The lowest BCUT2D eigenvalue weighted by Crippen LogP contribution is -1.85. The van der Waals surface area contributed by atoms with Crippen LogP contribution in [0.1, 0.15) is 22.3 Å². The van der Waals surface area contributed by atoms with Crippen LogP contribution in [0.2, 0.25) is 0 Å². The molecule has 94 valence electrons. The third-order valence-electron chi connectivity index (χ3n) is 2.40. The molecular weight excluding hydrogens is 258 g/mol. The van der Waals surface area contributed by atoms with Gasteiger partial charge in [0, 0.05) is 11.1 Å². The van der Waals surface area contributed by atoms with Gasteiger partial charge in [0.15, 0.2) is 0 Å². The van der Waals surface area contributed by atoms with E-state index in [2.05, 4.69) is 11.8 Å². The van der Waals surface area contributed by atoms with Gasteiger partial charge in [-0.15, -0.1) is 0 Å². The van der Waals surface area contributed by atoms with E-state index in [9.17, 15) is 8.78 Å². The Morgan fingerprint density at radius 1 is 0.600 bits per heavy atom. The Labute approximate surface area is 114 Å². The molecule has 0 aliphatic rings. The Morgan fingerprint density at radius 2 is 0.950 bits per heavy atom. The summed E-state index contributed by atoms with van der Waals surface area (Å²) >= 11 is 0. The third kappa shape index (κ3) is 3.19. The van der Waals surface area contributed by atoms with Gasteiger partial charge in [0.1, 0.15) is 11.6 Å². The van der Waals surface area contributed by atoms with Crippen LogP contribution >= 0.6 is 0 Å². The fraction of sp³-hybridized carbons (Fsp3) is 0. The summed E-state index contributed by atoms with van der Waals surface area (Å²) in [6.07, 6.45) is 0. The molecule has 0 heterocycles. The number of hydrogen-bond acceptors (Lipinski definition) is 2. The van der Waals surface area contributed by atoms with Crippen LogP contribution in [0.15, 0.2) is 36.4 Å². The molecular formula is C16H6F2N2. The topological polar surface area (TPSA) is 47.6 Å². The van der Waals surface area contributed by atoms with Crippen LogP contribution in [0.5, 0.6) is 0 Å². The minimum atomic E-state index is -0.565. The second-order valence-corrected chi connectivity index (χ2v) is 3.93. The Hall–Kier alpha value is -3.16. The number of benzene rings is 2. The molecule has 0 saturated carbocycles. The van der Waals surface area contributed by atoms with Gasteiger partial charge in [0.05, 0.1) is 23.3 Å². The van der Waals surface area contributed by atoms with E-state index in [1.807, 2.05) is 12.1 Å². The summed E-state index contributed by atoms with van der Waals surface area (Å²) in [5, 5.41) is 17.5. The van der Waals surface area contributed by atoms with Crippen molar-refractivity contribution in [3.63, 3.8) is 0 Å². The van der Waals surface area contributed by atoms with E-state index in [0.717, 1.165) is 12.1 Å². The van der Waals surface area contributed by atoms with Crippen molar-refractivity contribution in [1.82, 2.24) is 0 Å². The summed E-state index contributed by atoms with van der Waals surface area (Å²) in [6, 6.07) is 11.1. The number of halogens is 2. The molecule has 0 spiro atoms. The highest BCUT2D eigenvalue weighted by Crippen LogP contribution is 2.10. The average molecular weight is 264 g/mol. The predicted octanol–water partition coefficient (Wildman–Crippen LogP) is 3.11. The lowest BCUT2D eigenvalue weighted by atomic mass is 10.1. The lowest BCUT2D eigenvalue weighted by Gasteiger charge is -1.95. The second kappa shape index (κ2) is 5.65. The SMILES string of the molecule is N#Cc1cc(F)cc(C#Cc2cc(F)cc(C#N)c2)c1. The minimum absolute atomic E-state index is 0.159. The first-order valence-corrected chi connectivity index (χ1v) is 5.54. The predicted molar refractivity (Wildman–Crippen MR) is 68.2 cm³/mol. The molecule has 0 fully saturated rings. The second-order valence-electron chi connectivity index (χ2n) is 3.93.